The summed E-state index contributed by atoms with van der Waals surface area (Å²) in [5.74, 6) is 0.628. The highest BCUT2D eigenvalue weighted by Crippen LogP contribution is 2.07. The van der Waals surface area contributed by atoms with Gasteiger partial charge in [0.2, 0.25) is 15.9 Å². The third-order valence-electron chi connectivity index (χ3n) is 3.19. The van der Waals surface area contributed by atoms with Crippen molar-refractivity contribution in [1.82, 2.24) is 20.3 Å². The average molecular weight is 461 g/mol. The summed E-state index contributed by atoms with van der Waals surface area (Å²) >= 11 is 0. The summed E-state index contributed by atoms with van der Waals surface area (Å²) in [6.07, 6.45) is 3.91. The molecule has 8 nitrogen and oxygen atoms in total. The summed E-state index contributed by atoms with van der Waals surface area (Å²) in [5.41, 5.74) is 0. The molecule has 1 amide bonds. The lowest BCUT2D eigenvalue weighted by Gasteiger charge is -2.15. The normalized spacial score (nSPS) is 15.2. The van der Waals surface area contributed by atoms with Crippen LogP contribution < -0.4 is 15.4 Å². The zero-order chi connectivity index (χ0) is 16.4. The Hall–Kier alpha value is -0.620. The minimum Gasteiger partial charge on any atom is -0.357 e. The average Bonchev–Trinajstić information content (AvgIpc) is 2.96. The molecule has 1 rings (SSSR count). The molecule has 1 aliphatic heterocycles. The van der Waals surface area contributed by atoms with Crippen molar-refractivity contribution in [2.75, 3.05) is 45.5 Å². The first kappa shape index (κ1) is 22.4. The molecule has 3 N–H and O–H groups in total. The number of hydrogen-bond acceptors (Lipinski definition) is 4. The third-order valence-corrected chi connectivity index (χ3v) is 3.91. The molecule has 0 radical (unpaired) electrons. The zero-order valence-corrected chi connectivity index (χ0v) is 16.9. The number of amides is 1. The maximum atomic E-state index is 11.9. The fourth-order valence-corrected chi connectivity index (χ4v) is 2.62. The maximum absolute atomic E-state index is 11.9. The Labute approximate surface area is 155 Å². The summed E-state index contributed by atoms with van der Waals surface area (Å²) < 4.78 is 24.3. The minimum atomic E-state index is -3.14. The SMILES string of the molecule is CCNC(=NCC(=O)N1CCCC1)NCCCNS(C)(=O)=O.I. The molecule has 0 saturated carbocycles. The summed E-state index contributed by atoms with van der Waals surface area (Å²) in [6.45, 7) is 5.39. The fourth-order valence-electron chi connectivity index (χ4n) is 2.11. The maximum Gasteiger partial charge on any atom is 0.244 e. The molecule has 1 saturated heterocycles. The molecule has 0 aromatic carbocycles. The molecule has 1 aliphatic rings. The van der Waals surface area contributed by atoms with Gasteiger partial charge >= 0.3 is 0 Å². The second-order valence-electron chi connectivity index (χ2n) is 5.23. The Morgan fingerprint density at radius 1 is 1.17 bits per heavy atom. The fraction of sp³-hybridized carbons (Fsp3) is 0.846. The predicted octanol–water partition coefficient (Wildman–Crippen LogP) is -0.279. The van der Waals surface area contributed by atoms with Gasteiger partial charge in [0.15, 0.2) is 5.96 Å². The summed E-state index contributed by atoms with van der Waals surface area (Å²) in [6, 6.07) is 0. The van der Waals surface area contributed by atoms with Gasteiger partial charge in [0.05, 0.1) is 6.26 Å². The number of likely N-dealkylation sites (tertiary alicyclic amines) is 1. The molecule has 0 aromatic rings. The highest BCUT2D eigenvalue weighted by molar-refractivity contribution is 14.0. The van der Waals surface area contributed by atoms with Gasteiger partial charge in [0.25, 0.3) is 0 Å². The molecule has 136 valence electrons. The van der Waals surface area contributed by atoms with Crippen LogP contribution in [0.3, 0.4) is 0 Å². The summed E-state index contributed by atoms with van der Waals surface area (Å²) in [7, 11) is -3.14. The van der Waals surface area contributed by atoms with Crippen molar-refractivity contribution >= 4 is 45.9 Å². The van der Waals surface area contributed by atoms with Crippen LogP contribution in [0.25, 0.3) is 0 Å². The second-order valence-corrected chi connectivity index (χ2v) is 7.06. The van der Waals surface area contributed by atoms with E-state index < -0.39 is 10.0 Å². The Kier molecular flexibility index (Phi) is 11.5. The van der Waals surface area contributed by atoms with Gasteiger partial charge in [-0.25, -0.2) is 18.1 Å². The van der Waals surface area contributed by atoms with E-state index in [2.05, 4.69) is 20.3 Å². The summed E-state index contributed by atoms with van der Waals surface area (Å²) in [5, 5.41) is 6.15. The van der Waals surface area contributed by atoms with Crippen LogP contribution in [0.1, 0.15) is 26.2 Å². The molecule has 0 spiro atoms. The van der Waals surface area contributed by atoms with Crippen LogP contribution in [0.15, 0.2) is 4.99 Å². The molecule has 0 atom stereocenters. The summed E-state index contributed by atoms with van der Waals surface area (Å²) in [4.78, 5) is 18.0. The lowest BCUT2D eigenvalue weighted by atomic mass is 10.4. The molecule has 0 aliphatic carbocycles. The van der Waals surface area contributed by atoms with Crippen molar-refractivity contribution in [3.05, 3.63) is 0 Å². The van der Waals surface area contributed by atoms with Gasteiger partial charge in [0, 0.05) is 32.7 Å². The van der Waals surface area contributed by atoms with Crippen molar-refractivity contribution in [3.8, 4) is 0 Å². The minimum absolute atomic E-state index is 0. The van der Waals surface area contributed by atoms with Gasteiger partial charge in [-0.3, -0.25) is 4.79 Å². The number of carbonyl (C=O) groups excluding carboxylic acids is 1. The van der Waals surface area contributed by atoms with E-state index in [0.717, 1.165) is 32.2 Å². The number of halogens is 1. The number of carbonyl (C=O) groups is 1. The predicted molar refractivity (Wildman–Crippen MR) is 103 cm³/mol. The number of sulfonamides is 1. The van der Waals surface area contributed by atoms with Crippen LogP contribution in [0.4, 0.5) is 0 Å². The van der Waals surface area contributed by atoms with Gasteiger partial charge in [0.1, 0.15) is 6.54 Å². The van der Waals surface area contributed by atoms with E-state index in [0.29, 0.717) is 32.0 Å². The van der Waals surface area contributed by atoms with Gasteiger partial charge in [-0.05, 0) is 26.2 Å². The van der Waals surface area contributed by atoms with Gasteiger partial charge < -0.3 is 15.5 Å². The quantitative estimate of drug-likeness (QED) is 0.200. The van der Waals surface area contributed by atoms with Gasteiger partial charge in [-0.15, -0.1) is 24.0 Å². The van der Waals surface area contributed by atoms with Crippen LogP contribution in [-0.4, -0.2) is 70.7 Å². The Morgan fingerprint density at radius 2 is 1.83 bits per heavy atom. The van der Waals surface area contributed by atoms with Crippen molar-refractivity contribution < 1.29 is 13.2 Å². The Balaban J connectivity index is 0.00000484. The number of guanidine groups is 1. The molecule has 10 heteroatoms. The van der Waals surface area contributed by atoms with E-state index >= 15 is 0 Å². The molecular weight excluding hydrogens is 433 g/mol. The zero-order valence-electron chi connectivity index (χ0n) is 13.8. The van der Waals surface area contributed by atoms with E-state index in [1.54, 1.807) is 0 Å². The lowest BCUT2D eigenvalue weighted by Crippen LogP contribution is -2.40. The molecule has 1 heterocycles. The van der Waals surface area contributed by atoms with E-state index in [-0.39, 0.29) is 36.4 Å². The first-order chi connectivity index (χ1) is 10.4. The molecule has 23 heavy (non-hydrogen) atoms. The van der Waals surface area contributed by atoms with Crippen molar-refractivity contribution in [3.63, 3.8) is 0 Å². The third kappa shape index (κ3) is 10.7. The first-order valence-corrected chi connectivity index (χ1v) is 9.56. The van der Waals surface area contributed by atoms with Crippen LogP contribution >= 0.6 is 24.0 Å². The molecule has 0 aromatic heterocycles. The van der Waals surface area contributed by atoms with E-state index in [1.165, 1.54) is 0 Å². The van der Waals surface area contributed by atoms with Crippen LogP contribution in [-0.2, 0) is 14.8 Å². The largest absolute Gasteiger partial charge is 0.357 e. The number of hydrogen-bond donors (Lipinski definition) is 3. The van der Waals surface area contributed by atoms with E-state index in [9.17, 15) is 13.2 Å². The molecule has 0 unspecified atom stereocenters. The number of aliphatic imine (C=N–C) groups is 1. The standard InChI is InChI=1S/C13H27N5O3S.HI/c1-3-14-13(15-7-6-8-17-22(2,20)21)16-11-12(19)18-9-4-5-10-18;/h17H,3-11H2,1-2H3,(H2,14,15,16);1H. The molecule has 0 bridgehead atoms. The Bertz CT molecular complexity index is 478. The van der Waals surface area contributed by atoms with Crippen molar-refractivity contribution in [2.24, 2.45) is 4.99 Å². The van der Waals surface area contributed by atoms with Crippen LogP contribution in [0, 0.1) is 0 Å². The first-order valence-electron chi connectivity index (χ1n) is 7.67. The topological polar surface area (TPSA) is 103 Å². The Morgan fingerprint density at radius 3 is 2.39 bits per heavy atom. The molecular formula is C13H28IN5O3S. The smallest absolute Gasteiger partial charge is 0.244 e. The number of nitrogens with one attached hydrogen (secondary N) is 3. The van der Waals surface area contributed by atoms with E-state index in [1.807, 2.05) is 11.8 Å². The lowest BCUT2D eigenvalue weighted by molar-refractivity contribution is -0.128. The van der Waals surface area contributed by atoms with Crippen LogP contribution in [0.5, 0.6) is 0 Å². The van der Waals surface area contributed by atoms with Gasteiger partial charge in [-0.2, -0.15) is 0 Å². The second kappa shape index (κ2) is 11.8. The number of nitrogens with zero attached hydrogens (tertiary/aromatic N) is 2. The van der Waals surface area contributed by atoms with Crippen LogP contribution in [0.2, 0.25) is 0 Å². The van der Waals surface area contributed by atoms with E-state index in [4.69, 9.17) is 0 Å². The number of rotatable bonds is 8. The van der Waals surface area contributed by atoms with Crippen molar-refractivity contribution in [1.29, 1.82) is 0 Å². The molecule has 1 fully saturated rings. The highest BCUT2D eigenvalue weighted by atomic mass is 127. The monoisotopic (exact) mass is 461 g/mol. The highest BCUT2D eigenvalue weighted by Gasteiger charge is 2.17. The van der Waals surface area contributed by atoms with Gasteiger partial charge in [-0.1, -0.05) is 0 Å². The van der Waals surface area contributed by atoms with Crippen molar-refractivity contribution in [2.45, 2.75) is 26.2 Å².